The first-order chi connectivity index (χ1) is 9.61. The average Bonchev–Trinajstić information content (AvgIpc) is 2.91. The quantitative estimate of drug-likeness (QED) is 0.879. The standard InChI is InChI=1S/C14H16FN3O2/c1-9(8-10-4-3-7-20-10)18-14(19)11-5-6-17-13(16-2)12(11)15/h3-7,9H,8H2,1-2H3,(H,16,17)(H,18,19). The smallest absolute Gasteiger partial charge is 0.254 e. The summed E-state index contributed by atoms with van der Waals surface area (Å²) in [6, 6.07) is 4.80. The Kier molecular flexibility index (Phi) is 4.34. The molecule has 0 spiro atoms. The summed E-state index contributed by atoms with van der Waals surface area (Å²) in [5.41, 5.74) is -0.0318. The minimum absolute atomic E-state index is 0.0318. The fourth-order valence-electron chi connectivity index (χ4n) is 1.88. The molecule has 106 valence electrons. The van der Waals surface area contributed by atoms with E-state index in [1.807, 2.05) is 13.0 Å². The van der Waals surface area contributed by atoms with E-state index in [0.29, 0.717) is 6.42 Å². The summed E-state index contributed by atoms with van der Waals surface area (Å²) in [7, 11) is 1.55. The number of hydrogen-bond donors (Lipinski definition) is 2. The maximum absolute atomic E-state index is 13.9. The Bertz CT molecular complexity index is 584. The van der Waals surface area contributed by atoms with Gasteiger partial charge in [0.2, 0.25) is 0 Å². The van der Waals surface area contributed by atoms with Gasteiger partial charge in [0, 0.05) is 25.7 Å². The number of nitrogens with zero attached hydrogens (tertiary/aromatic N) is 1. The lowest BCUT2D eigenvalue weighted by atomic mass is 10.1. The second kappa shape index (κ2) is 6.18. The number of anilines is 1. The molecule has 1 atom stereocenters. The van der Waals surface area contributed by atoms with Crippen molar-refractivity contribution in [3.8, 4) is 0 Å². The van der Waals surface area contributed by atoms with Crippen molar-refractivity contribution in [2.24, 2.45) is 0 Å². The molecule has 0 aliphatic carbocycles. The largest absolute Gasteiger partial charge is 0.469 e. The molecule has 5 nitrogen and oxygen atoms in total. The van der Waals surface area contributed by atoms with E-state index in [2.05, 4.69) is 15.6 Å². The van der Waals surface area contributed by atoms with Crippen LogP contribution in [-0.4, -0.2) is 24.0 Å². The third-order valence-electron chi connectivity index (χ3n) is 2.84. The molecule has 0 aromatic carbocycles. The van der Waals surface area contributed by atoms with Gasteiger partial charge in [-0.25, -0.2) is 9.37 Å². The van der Waals surface area contributed by atoms with E-state index in [0.717, 1.165) is 5.76 Å². The number of aromatic nitrogens is 1. The summed E-state index contributed by atoms with van der Waals surface area (Å²) >= 11 is 0. The Morgan fingerprint density at radius 1 is 1.50 bits per heavy atom. The van der Waals surface area contributed by atoms with Crippen LogP contribution in [0.3, 0.4) is 0 Å². The number of rotatable bonds is 5. The van der Waals surface area contributed by atoms with Gasteiger partial charge in [0.25, 0.3) is 5.91 Å². The summed E-state index contributed by atoms with van der Waals surface area (Å²) in [5, 5.41) is 5.33. The molecule has 0 radical (unpaired) electrons. The number of halogens is 1. The summed E-state index contributed by atoms with van der Waals surface area (Å²) in [4.78, 5) is 15.8. The zero-order valence-corrected chi connectivity index (χ0v) is 11.3. The number of amides is 1. The van der Waals surface area contributed by atoms with E-state index in [-0.39, 0.29) is 17.4 Å². The minimum Gasteiger partial charge on any atom is -0.469 e. The molecule has 20 heavy (non-hydrogen) atoms. The Balaban J connectivity index is 2.04. The van der Waals surface area contributed by atoms with Gasteiger partial charge in [0.15, 0.2) is 11.6 Å². The van der Waals surface area contributed by atoms with Gasteiger partial charge < -0.3 is 15.1 Å². The molecule has 0 aliphatic rings. The minimum atomic E-state index is -0.655. The number of furan rings is 1. The van der Waals surface area contributed by atoms with Gasteiger partial charge in [-0.3, -0.25) is 4.79 Å². The van der Waals surface area contributed by atoms with Gasteiger partial charge in [-0.05, 0) is 25.1 Å². The highest BCUT2D eigenvalue weighted by Gasteiger charge is 2.17. The van der Waals surface area contributed by atoms with Gasteiger partial charge in [0.1, 0.15) is 5.76 Å². The van der Waals surface area contributed by atoms with Crippen molar-refractivity contribution in [3.63, 3.8) is 0 Å². The number of nitrogens with one attached hydrogen (secondary N) is 2. The third kappa shape index (κ3) is 3.14. The highest BCUT2D eigenvalue weighted by molar-refractivity contribution is 5.95. The zero-order chi connectivity index (χ0) is 14.5. The molecule has 6 heteroatoms. The molecule has 2 heterocycles. The van der Waals surface area contributed by atoms with Gasteiger partial charge in [0.05, 0.1) is 11.8 Å². The molecular weight excluding hydrogens is 261 g/mol. The van der Waals surface area contributed by atoms with E-state index < -0.39 is 11.7 Å². The predicted molar refractivity (Wildman–Crippen MR) is 73.1 cm³/mol. The lowest BCUT2D eigenvalue weighted by molar-refractivity contribution is 0.0935. The molecule has 0 saturated carbocycles. The maximum atomic E-state index is 13.9. The Morgan fingerprint density at radius 3 is 2.95 bits per heavy atom. The topological polar surface area (TPSA) is 67.2 Å². The van der Waals surface area contributed by atoms with Crippen molar-refractivity contribution in [1.29, 1.82) is 0 Å². The molecule has 0 saturated heterocycles. The van der Waals surface area contributed by atoms with Crippen molar-refractivity contribution in [2.45, 2.75) is 19.4 Å². The summed E-state index contributed by atoms with van der Waals surface area (Å²) < 4.78 is 19.2. The molecule has 2 rings (SSSR count). The van der Waals surface area contributed by atoms with Crippen molar-refractivity contribution in [3.05, 3.63) is 47.8 Å². The zero-order valence-electron chi connectivity index (χ0n) is 11.3. The highest BCUT2D eigenvalue weighted by atomic mass is 19.1. The van der Waals surface area contributed by atoms with Crippen LogP contribution in [-0.2, 0) is 6.42 Å². The van der Waals surface area contributed by atoms with Crippen LogP contribution in [0, 0.1) is 5.82 Å². The maximum Gasteiger partial charge on any atom is 0.254 e. The third-order valence-corrected chi connectivity index (χ3v) is 2.84. The van der Waals surface area contributed by atoms with E-state index in [4.69, 9.17) is 4.42 Å². The molecule has 1 amide bonds. The van der Waals surface area contributed by atoms with Crippen molar-refractivity contribution in [2.75, 3.05) is 12.4 Å². The van der Waals surface area contributed by atoms with Crippen LogP contribution in [0.4, 0.5) is 10.2 Å². The van der Waals surface area contributed by atoms with Crippen molar-refractivity contribution >= 4 is 11.7 Å². The summed E-state index contributed by atoms with van der Waals surface area (Å²) in [5.74, 6) is -0.307. The highest BCUT2D eigenvalue weighted by Crippen LogP contribution is 2.14. The molecule has 0 aliphatic heterocycles. The lowest BCUT2D eigenvalue weighted by Gasteiger charge is -2.13. The van der Waals surface area contributed by atoms with Crippen LogP contribution >= 0.6 is 0 Å². The monoisotopic (exact) mass is 277 g/mol. The Morgan fingerprint density at radius 2 is 2.30 bits per heavy atom. The summed E-state index contributed by atoms with van der Waals surface area (Å²) in [6.45, 7) is 1.83. The second-order valence-electron chi connectivity index (χ2n) is 4.43. The van der Waals surface area contributed by atoms with Crippen LogP contribution in [0.15, 0.2) is 35.1 Å². The molecule has 2 aromatic heterocycles. The Labute approximate surface area is 116 Å². The first kappa shape index (κ1) is 14.0. The molecule has 0 bridgehead atoms. The van der Waals surface area contributed by atoms with E-state index in [1.165, 1.54) is 12.3 Å². The fourth-order valence-corrected chi connectivity index (χ4v) is 1.88. The molecule has 2 N–H and O–H groups in total. The van der Waals surface area contributed by atoms with Crippen LogP contribution in [0.2, 0.25) is 0 Å². The number of carbonyl (C=O) groups is 1. The van der Waals surface area contributed by atoms with Gasteiger partial charge in [-0.15, -0.1) is 0 Å². The first-order valence-electron chi connectivity index (χ1n) is 6.27. The van der Waals surface area contributed by atoms with Crippen LogP contribution < -0.4 is 10.6 Å². The van der Waals surface area contributed by atoms with Crippen molar-refractivity contribution < 1.29 is 13.6 Å². The molecule has 2 aromatic rings. The average molecular weight is 277 g/mol. The van der Waals surface area contributed by atoms with Crippen molar-refractivity contribution in [1.82, 2.24) is 10.3 Å². The number of pyridine rings is 1. The molecule has 1 unspecified atom stereocenters. The lowest BCUT2D eigenvalue weighted by Crippen LogP contribution is -2.34. The van der Waals surface area contributed by atoms with Gasteiger partial charge in [-0.1, -0.05) is 0 Å². The fraction of sp³-hybridized carbons (Fsp3) is 0.286. The summed E-state index contributed by atoms with van der Waals surface area (Å²) in [6.07, 6.45) is 3.51. The number of carbonyl (C=O) groups excluding carboxylic acids is 1. The SMILES string of the molecule is CNc1nccc(C(=O)NC(C)Cc2ccco2)c1F. The predicted octanol–water partition coefficient (Wildman–Crippen LogP) is 2.22. The van der Waals surface area contributed by atoms with Crippen LogP contribution in [0.5, 0.6) is 0 Å². The van der Waals surface area contributed by atoms with E-state index >= 15 is 0 Å². The molecular formula is C14H16FN3O2. The first-order valence-corrected chi connectivity index (χ1v) is 6.27. The van der Waals surface area contributed by atoms with Crippen LogP contribution in [0.1, 0.15) is 23.0 Å². The van der Waals surface area contributed by atoms with Gasteiger partial charge in [-0.2, -0.15) is 0 Å². The molecule has 0 fully saturated rings. The Hall–Kier alpha value is -2.37. The van der Waals surface area contributed by atoms with Gasteiger partial charge >= 0.3 is 0 Å². The van der Waals surface area contributed by atoms with E-state index in [1.54, 1.807) is 19.4 Å². The van der Waals surface area contributed by atoms with Crippen LogP contribution in [0.25, 0.3) is 0 Å². The van der Waals surface area contributed by atoms with E-state index in [9.17, 15) is 9.18 Å². The second-order valence-corrected chi connectivity index (χ2v) is 4.43. The number of hydrogen-bond acceptors (Lipinski definition) is 4. The normalized spacial score (nSPS) is 11.9.